The molecule has 0 aliphatic carbocycles. The van der Waals surface area contributed by atoms with Gasteiger partial charge in [-0.15, -0.1) is 0 Å². The topological polar surface area (TPSA) is 64.2 Å². The number of nitrogens with zero attached hydrogens (tertiary/aromatic N) is 3. The highest BCUT2D eigenvalue weighted by Crippen LogP contribution is 2.04. The summed E-state index contributed by atoms with van der Waals surface area (Å²) < 4.78 is 1.66. The number of nitrogens with two attached hydrogens (primary N) is 1. The minimum absolute atomic E-state index is 0.0662. The van der Waals surface area contributed by atoms with Crippen LogP contribution in [0.15, 0.2) is 17.2 Å². The van der Waals surface area contributed by atoms with Gasteiger partial charge in [0, 0.05) is 38.6 Å². The van der Waals surface area contributed by atoms with Crippen molar-refractivity contribution < 1.29 is 0 Å². The van der Waals surface area contributed by atoms with E-state index < -0.39 is 0 Å². The molecule has 0 unspecified atom stereocenters. The molecule has 0 spiro atoms. The summed E-state index contributed by atoms with van der Waals surface area (Å²) in [5.41, 5.74) is 5.37. The van der Waals surface area contributed by atoms with Gasteiger partial charge in [0.05, 0.1) is 0 Å². The minimum Gasteiger partial charge on any atom is -0.354 e. The average molecular weight is 210 g/mol. The summed E-state index contributed by atoms with van der Waals surface area (Å²) in [5.74, 6) is 0.455. The van der Waals surface area contributed by atoms with Crippen LogP contribution in [-0.4, -0.2) is 29.7 Å². The van der Waals surface area contributed by atoms with Gasteiger partial charge >= 0.3 is 0 Å². The molecule has 1 heterocycles. The van der Waals surface area contributed by atoms with Gasteiger partial charge in [0.25, 0.3) is 5.56 Å². The standard InChI is InChI=1S/C10H18N4O/c1-8(2)14-7-5-12-9(10(14)15)13(3)6-4-11/h5,7-8H,4,6,11H2,1-3H3. The maximum atomic E-state index is 11.9. The maximum absolute atomic E-state index is 11.9. The third kappa shape index (κ3) is 2.56. The lowest BCUT2D eigenvalue weighted by Crippen LogP contribution is -2.34. The Labute approximate surface area is 89.5 Å². The minimum atomic E-state index is -0.0662. The summed E-state index contributed by atoms with van der Waals surface area (Å²) in [5, 5.41) is 0. The number of hydrogen-bond donors (Lipinski definition) is 1. The van der Waals surface area contributed by atoms with Gasteiger partial charge < -0.3 is 15.2 Å². The molecule has 0 aromatic carbocycles. The molecule has 5 heteroatoms. The Kier molecular flexibility index (Phi) is 3.85. The lowest BCUT2D eigenvalue weighted by Gasteiger charge is -2.18. The van der Waals surface area contributed by atoms with Crippen molar-refractivity contribution in [3.05, 3.63) is 22.7 Å². The number of hydrogen-bond acceptors (Lipinski definition) is 4. The van der Waals surface area contributed by atoms with Crippen molar-refractivity contribution in [1.82, 2.24) is 9.55 Å². The summed E-state index contributed by atoms with van der Waals surface area (Å²) in [6.07, 6.45) is 3.34. The first-order valence-electron chi connectivity index (χ1n) is 5.06. The molecule has 0 radical (unpaired) electrons. The fourth-order valence-electron chi connectivity index (χ4n) is 1.38. The Morgan fingerprint density at radius 1 is 1.60 bits per heavy atom. The average Bonchev–Trinajstić information content (AvgIpc) is 2.17. The van der Waals surface area contributed by atoms with Crippen LogP contribution in [0.5, 0.6) is 0 Å². The van der Waals surface area contributed by atoms with E-state index in [1.165, 1.54) is 0 Å². The van der Waals surface area contributed by atoms with E-state index in [9.17, 15) is 4.79 Å². The smallest absolute Gasteiger partial charge is 0.293 e. The Morgan fingerprint density at radius 3 is 2.80 bits per heavy atom. The summed E-state index contributed by atoms with van der Waals surface area (Å²) >= 11 is 0. The van der Waals surface area contributed by atoms with Crippen molar-refractivity contribution in [3.63, 3.8) is 0 Å². The van der Waals surface area contributed by atoms with Crippen LogP contribution in [0.1, 0.15) is 19.9 Å². The van der Waals surface area contributed by atoms with E-state index in [0.717, 1.165) is 0 Å². The monoisotopic (exact) mass is 210 g/mol. The second-order valence-corrected chi connectivity index (χ2v) is 3.77. The SMILES string of the molecule is CC(C)n1ccnc(N(C)CCN)c1=O. The molecule has 0 atom stereocenters. The maximum Gasteiger partial charge on any atom is 0.293 e. The molecule has 0 bridgehead atoms. The van der Waals surface area contributed by atoms with E-state index in [1.807, 2.05) is 20.9 Å². The van der Waals surface area contributed by atoms with Crippen molar-refractivity contribution in [2.45, 2.75) is 19.9 Å². The van der Waals surface area contributed by atoms with Crippen LogP contribution in [0.4, 0.5) is 5.82 Å². The zero-order valence-corrected chi connectivity index (χ0v) is 9.47. The molecule has 84 valence electrons. The van der Waals surface area contributed by atoms with Crippen molar-refractivity contribution >= 4 is 5.82 Å². The van der Waals surface area contributed by atoms with Crippen LogP contribution in [0.2, 0.25) is 0 Å². The van der Waals surface area contributed by atoms with Crippen molar-refractivity contribution in [1.29, 1.82) is 0 Å². The normalized spacial score (nSPS) is 10.7. The van der Waals surface area contributed by atoms with Gasteiger partial charge in [0.1, 0.15) is 0 Å². The zero-order valence-electron chi connectivity index (χ0n) is 9.47. The summed E-state index contributed by atoms with van der Waals surface area (Å²) in [4.78, 5) is 17.8. The molecule has 5 nitrogen and oxygen atoms in total. The fraction of sp³-hybridized carbons (Fsp3) is 0.600. The molecule has 1 rings (SSSR count). The number of likely N-dealkylation sites (N-methyl/N-ethyl adjacent to an activating group) is 1. The molecule has 0 amide bonds. The molecule has 0 fully saturated rings. The van der Waals surface area contributed by atoms with Crippen LogP contribution >= 0.6 is 0 Å². The molecule has 2 N–H and O–H groups in total. The quantitative estimate of drug-likeness (QED) is 0.772. The van der Waals surface area contributed by atoms with Gasteiger partial charge in [-0.3, -0.25) is 4.79 Å². The molecule has 0 saturated carbocycles. The molecular weight excluding hydrogens is 192 g/mol. The van der Waals surface area contributed by atoms with Crippen LogP contribution < -0.4 is 16.2 Å². The van der Waals surface area contributed by atoms with E-state index >= 15 is 0 Å². The van der Waals surface area contributed by atoms with Gasteiger partial charge in [-0.1, -0.05) is 0 Å². The van der Waals surface area contributed by atoms with Crippen molar-refractivity contribution in [2.75, 3.05) is 25.0 Å². The predicted molar refractivity (Wildman–Crippen MR) is 61.2 cm³/mol. The summed E-state index contributed by atoms with van der Waals surface area (Å²) in [6, 6.07) is 0.144. The highest BCUT2D eigenvalue weighted by atomic mass is 16.1. The molecule has 15 heavy (non-hydrogen) atoms. The number of rotatable bonds is 4. The molecule has 0 aliphatic rings. The lowest BCUT2D eigenvalue weighted by atomic mass is 10.4. The van der Waals surface area contributed by atoms with Crippen molar-refractivity contribution in [2.24, 2.45) is 5.73 Å². The predicted octanol–water partition coefficient (Wildman–Crippen LogP) is 0.219. The van der Waals surface area contributed by atoms with E-state index in [0.29, 0.717) is 18.9 Å². The van der Waals surface area contributed by atoms with Crippen LogP contribution in [0, 0.1) is 0 Å². The van der Waals surface area contributed by atoms with E-state index in [4.69, 9.17) is 5.73 Å². The second-order valence-electron chi connectivity index (χ2n) is 3.77. The van der Waals surface area contributed by atoms with Crippen LogP contribution in [0.3, 0.4) is 0 Å². The molecule has 0 saturated heterocycles. The third-order valence-electron chi connectivity index (χ3n) is 2.23. The zero-order chi connectivity index (χ0) is 11.4. The van der Waals surface area contributed by atoms with E-state index in [1.54, 1.807) is 21.9 Å². The van der Waals surface area contributed by atoms with Crippen LogP contribution in [0.25, 0.3) is 0 Å². The Morgan fingerprint density at radius 2 is 2.27 bits per heavy atom. The van der Waals surface area contributed by atoms with Gasteiger partial charge in [-0.2, -0.15) is 0 Å². The molecule has 0 aliphatic heterocycles. The van der Waals surface area contributed by atoms with Crippen LogP contribution in [-0.2, 0) is 0 Å². The van der Waals surface area contributed by atoms with E-state index in [-0.39, 0.29) is 11.6 Å². The Bertz CT molecular complexity index is 372. The number of aromatic nitrogens is 2. The van der Waals surface area contributed by atoms with Gasteiger partial charge in [-0.05, 0) is 13.8 Å². The summed E-state index contributed by atoms with van der Waals surface area (Å²) in [7, 11) is 1.82. The lowest BCUT2D eigenvalue weighted by molar-refractivity contribution is 0.572. The third-order valence-corrected chi connectivity index (χ3v) is 2.23. The highest BCUT2D eigenvalue weighted by Gasteiger charge is 2.10. The largest absolute Gasteiger partial charge is 0.354 e. The Hall–Kier alpha value is -1.36. The fourth-order valence-corrected chi connectivity index (χ4v) is 1.38. The number of anilines is 1. The first-order chi connectivity index (χ1) is 7.07. The Balaban J connectivity index is 3.10. The molecule has 1 aromatic rings. The first kappa shape index (κ1) is 11.7. The molecular formula is C10H18N4O. The first-order valence-corrected chi connectivity index (χ1v) is 5.06. The van der Waals surface area contributed by atoms with E-state index in [2.05, 4.69) is 4.98 Å². The second kappa shape index (κ2) is 4.93. The van der Waals surface area contributed by atoms with Crippen molar-refractivity contribution in [3.8, 4) is 0 Å². The van der Waals surface area contributed by atoms with Gasteiger partial charge in [0.2, 0.25) is 0 Å². The highest BCUT2D eigenvalue weighted by molar-refractivity contribution is 5.34. The van der Waals surface area contributed by atoms with Gasteiger partial charge in [-0.25, -0.2) is 4.98 Å². The summed E-state index contributed by atoms with van der Waals surface area (Å²) in [6.45, 7) is 5.07. The van der Waals surface area contributed by atoms with Gasteiger partial charge in [0.15, 0.2) is 5.82 Å². The molecule has 1 aromatic heterocycles.